The van der Waals surface area contributed by atoms with Gasteiger partial charge in [0, 0.05) is 12.6 Å². The van der Waals surface area contributed by atoms with Crippen LogP contribution in [0.15, 0.2) is 53.0 Å². The first-order valence-corrected chi connectivity index (χ1v) is 8.30. The maximum atomic E-state index is 13.2. The Kier molecular flexibility index (Phi) is 6.30. The second-order valence-electron chi connectivity index (χ2n) is 5.51. The minimum atomic E-state index is -0.337. The molecule has 2 atom stereocenters. The van der Waals surface area contributed by atoms with Crippen LogP contribution in [0, 0.1) is 11.7 Å². The largest absolute Gasteiger partial charge is 0.355 e. The fourth-order valence-electron chi connectivity index (χ4n) is 2.31. The molecule has 0 aliphatic rings. The number of rotatable bonds is 6. The van der Waals surface area contributed by atoms with Crippen LogP contribution in [0.2, 0.25) is 0 Å². The Hall–Kier alpha value is -1.72. The van der Waals surface area contributed by atoms with Gasteiger partial charge in [-0.3, -0.25) is 4.79 Å². The van der Waals surface area contributed by atoms with Crippen molar-refractivity contribution in [1.29, 1.82) is 0 Å². The van der Waals surface area contributed by atoms with E-state index >= 15 is 0 Å². The maximum absolute atomic E-state index is 13.2. The number of carbonyl (C=O) groups excluding carboxylic acids is 1. The summed E-state index contributed by atoms with van der Waals surface area (Å²) in [6, 6.07) is 14.1. The summed E-state index contributed by atoms with van der Waals surface area (Å²) in [6.45, 7) is 2.31. The fraction of sp³-hybridized carbons (Fsp3) is 0.278. The zero-order valence-electron chi connectivity index (χ0n) is 12.9. The van der Waals surface area contributed by atoms with E-state index in [9.17, 15) is 9.18 Å². The summed E-state index contributed by atoms with van der Waals surface area (Å²) in [6.07, 6.45) is 0.637. The molecule has 2 aromatic carbocycles. The van der Waals surface area contributed by atoms with Crippen molar-refractivity contribution in [2.45, 2.75) is 19.4 Å². The Balaban J connectivity index is 1.85. The first kappa shape index (κ1) is 17.6. The molecule has 0 saturated carbocycles. The third-order valence-electron chi connectivity index (χ3n) is 3.83. The van der Waals surface area contributed by atoms with Gasteiger partial charge in [0.15, 0.2) is 0 Å². The van der Waals surface area contributed by atoms with E-state index in [1.54, 1.807) is 12.1 Å². The lowest BCUT2D eigenvalue weighted by Gasteiger charge is -2.19. The molecule has 3 N–H and O–H groups in total. The molecule has 2 rings (SSSR count). The third-order valence-corrected chi connectivity index (χ3v) is 4.44. The highest BCUT2D eigenvalue weighted by Gasteiger charge is 2.21. The molecule has 0 saturated heterocycles. The Morgan fingerprint density at radius 2 is 1.96 bits per heavy atom. The van der Waals surface area contributed by atoms with Crippen LogP contribution >= 0.6 is 15.9 Å². The number of amides is 1. The quantitative estimate of drug-likeness (QED) is 0.806. The van der Waals surface area contributed by atoms with Gasteiger partial charge in [0.1, 0.15) is 5.82 Å². The van der Waals surface area contributed by atoms with Crippen LogP contribution in [0.1, 0.15) is 24.1 Å². The molecule has 0 fully saturated rings. The van der Waals surface area contributed by atoms with Gasteiger partial charge in [0.25, 0.3) is 0 Å². The summed E-state index contributed by atoms with van der Waals surface area (Å²) < 4.78 is 13.6. The molecule has 2 unspecified atom stereocenters. The molecule has 0 heterocycles. The van der Waals surface area contributed by atoms with Gasteiger partial charge in [0.2, 0.25) is 5.91 Å². The van der Waals surface area contributed by atoms with Crippen LogP contribution in [0.3, 0.4) is 0 Å². The first-order chi connectivity index (χ1) is 11.0. The van der Waals surface area contributed by atoms with Gasteiger partial charge in [-0.05, 0) is 45.6 Å². The number of hydrogen-bond acceptors (Lipinski definition) is 2. The third kappa shape index (κ3) is 4.88. The topological polar surface area (TPSA) is 55.1 Å². The highest BCUT2D eigenvalue weighted by atomic mass is 79.9. The first-order valence-electron chi connectivity index (χ1n) is 7.51. The molecule has 23 heavy (non-hydrogen) atoms. The van der Waals surface area contributed by atoms with Gasteiger partial charge in [-0.2, -0.15) is 0 Å². The van der Waals surface area contributed by atoms with Gasteiger partial charge in [0.05, 0.1) is 10.4 Å². The molecular weight excluding hydrogens is 359 g/mol. The summed E-state index contributed by atoms with van der Waals surface area (Å²) in [5.74, 6) is -0.694. The van der Waals surface area contributed by atoms with Gasteiger partial charge >= 0.3 is 0 Å². The number of nitrogens with two attached hydrogens (primary N) is 1. The second kappa shape index (κ2) is 8.22. The molecule has 0 aliphatic heterocycles. The van der Waals surface area contributed by atoms with Crippen LogP contribution in [0.25, 0.3) is 0 Å². The molecule has 122 valence electrons. The Morgan fingerprint density at radius 3 is 2.61 bits per heavy atom. The molecule has 2 aromatic rings. The van der Waals surface area contributed by atoms with Gasteiger partial charge in [-0.15, -0.1) is 0 Å². The SMILES string of the molecule is CC(C(=O)NCCc1ccc(F)c(Br)c1)C(N)c1ccccc1. The molecular formula is C18H20BrFN2O. The summed E-state index contributed by atoms with van der Waals surface area (Å²) in [7, 11) is 0. The van der Waals surface area contributed by atoms with Crippen LogP contribution in [0.4, 0.5) is 4.39 Å². The van der Waals surface area contributed by atoms with E-state index in [1.165, 1.54) is 6.07 Å². The average Bonchev–Trinajstić information content (AvgIpc) is 2.57. The van der Waals surface area contributed by atoms with Crippen LogP contribution < -0.4 is 11.1 Å². The fourth-order valence-corrected chi connectivity index (χ4v) is 2.74. The van der Waals surface area contributed by atoms with Crippen molar-refractivity contribution in [2.75, 3.05) is 6.54 Å². The van der Waals surface area contributed by atoms with E-state index in [2.05, 4.69) is 21.2 Å². The summed E-state index contributed by atoms with van der Waals surface area (Å²) >= 11 is 3.16. The normalized spacial score (nSPS) is 13.4. The highest BCUT2D eigenvalue weighted by Crippen LogP contribution is 2.19. The van der Waals surface area contributed by atoms with Crippen LogP contribution in [-0.4, -0.2) is 12.5 Å². The molecule has 0 radical (unpaired) electrons. The Labute approximate surface area is 144 Å². The van der Waals surface area contributed by atoms with Crippen molar-refractivity contribution in [3.05, 3.63) is 69.9 Å². The summed E-state index contributed by atoms with van der Waals surface area (Å²) in [5, 5.41) is 2.89. The zero-order valence-corrected chi connectivity index (χ0v) is 14.5. The van der Waals surface area contributed by atoms with E-state index in [1.807, 2.05) is 37.3 Å². The minimum absolute atomic E-state index is 0.0810. The van der Waals surface area contributed by atoms with E-state index in [0.29, 0.717) is 17.4 Å². The summed E-state index contributed by atoms with van der Waals surface area (Å²) in [5.41, 5.74) is 8.05. The number of benzene rings is 2. The predicted molar refractivity (Wildman–Crippen MR) is 93.3 cm³/mol. The van der Waals surface area contributed by atoms with Crippen molar-refractivity contribution in [3.8, 4) is 0 Å². The smallest absolute Gasteiger partial charge is 0.224 e. The van der Waals surface area contributed by atoms with Crippen molar-refractivity contribution < 1.29 is 9.18 Å². The Bertz CT molecular complexity index is 663. The van der Waals surface area contributed by atoms with Crippen molar-refractivity contribution >= 4 is 21.8 Å². The predicted octanol–water partition coefficient (Wildman–Crippen LogP) is 3.58. The lowest BCUT2D eigenvalue weighted by atomic mass is 9.94. The molecule has 3 nitrogen and oxygen atoms in total. The van der Waals surface area contributed by atoms with Crippen molar-refractivity contribution in [2.24, 2.45) is 11.7 Å². The number of carbonyl (C=O) groups is 1. The van der Waals surface area contributed by atoms with E-state index in [0.717, 1.165) is 11.1 Å². The Morgan fingerprint density at radius 1 is 1.26 bits per heavy atom. The van der Waals surface area contributed by atoms with E-state index in [-0.39, 0.29) is 23.7 Å². The molecule has 0 spiro atoms. The van der Waals surface area contributed by atoms with Gasteiger partial charge in [-0.25, -0.2) is 4.39 Å². The number of nitrogens with one attached hydrogen (secondary N) is 1. The lowest BCUT2D eigenvalue weighted by molar-refractivity contribution is -0.125. The number of halogens is 2. The van der Waals surface area contributed by atoms with Crippen molar-refractivity contribution in [3.63, 3.8) is 0 Å². The van der Waals surface area contributed by atoms with Crippen LogP contribution in [0.5, 0.6) is 0 Å². The summed E-state index contributed by atoms with van der Waals surface area (Å²) in [4.78, 5) is 12.2. The lowest BCUT2D eigenvalue weighted by Crippen LogP contribution is -2.36. The molecule has 5 heteroatoms. The van der Waals surface area contributed by atoms with E-state index < -0.39 is 0 Å². The molecule has 0 bridgehead atoms. The number of hydrogen-bond donors (Lipinski definition) is 2. The second-order valence-corrected chi connectivity index (χ2v) is 6.37. The molecule has 1 amide bonds. The standard InChI is InChI=1S/C18H20BrFN2O/c1-12(17(21)14-5-3-2-4-6-14)18(23)22-10-9-13-7-8-16(20)15(19)11-13/h2-8,11-12,17H,9-10,21H2,1H3,(H,22,23). The average molecular weight is 379 g/mol. The van der Waals surface area contributed by atoms with Crippen molar-refractivity contribution in [1.82, 2.24) is 5.32 Å². The van der Waals surface area contributed by atoms with Gasteiger partial charge in [-0.1, -0.05) is 43.3 Å². The minimum Gasteiger partial charge on any atom is -0.355 e. The maximum Gasteiger partial charge on any atom is 0.224 e. The zero-order chi connectivity index (χ0) is 16.8. The van der Waals surface area contributed by atoms with Gasteiger partial charge < -0.3 is 11.1 Å². The highest BCUT2D eigenvalue weighted by molar-refractivity contribution is 9.10. The monoisotopic (exact) mass is 378 g/mol. The van der Waals surface area contributed by atoms with Crippen LogP contribution in [-0.2, 0) is 11.2 Å². The van der Waals surface area contributed by atoms with E-state index in [4.69, 9.17) is 5.73 Å². The molecule has 0 aromatic heterocycles. The molecule has 0 aliphatic carbocycles.